The molecule has 2 aromatic rings. The maximum atomic E-state index is 6.16. The molecule has 0 bridgehead atoms. The molecule has 0 aliphatic heterocycles. The Morgan fingerprint density at radius 3 is 2.70 bits per heavy atom. The summed E-state index contributed by atoms with van der Waals surface area (Å²) in [6.07, 6.45) is 0.907. The molecule has 2 rings (SSSR count). The number of anilines is 1. The molecular formula is C15H18ClN3S. The molecule has 0 amide bonds. The minimum absolute atomic E-state index is 0.718. The molecule has 3 nitrogen and oxygen atoms in total. The van der Waals surface area contributed by atoms with Crippen molar-refractivity contribution in [2.75, 3.05) is 11.9 Å². The SMILES string of the molecule is CCNc1cc(CC)nc(CSc2ccccc2Cl)n1. The number of nitrogens with one attached hydrogen (secondary N) is 1. The summed E-state index contributed by atoms with van der Waals surface area (Å²) in [5.74, 6) is 2.45. The molecular weight excluding hydrogens is 290 g/mol. The van der Waals surface area contributed by atoms with E-state index in [2.05, 4.69) is 29.1 Å². The molecule has 0 radical (unpaired) electrons. The second-order valence-electron chi connectivity index (χ2n) is 4.26. The highest BCUT2D eigenvalue weighted by atomic mass is 35.5. The lowest BCUT2D eigenvalue weighted by Gasteiger charge is -2.08. The number of halogens is 1. The summed E-state index contributed by atoms with van der Waals surface area (Å²) in [5.41, 5.74) is 1.06. The number of aryl methyl sites for hydroxylation is 1. The second-order valence-corrected chi connectivity index (χ2v) is 5.69. The van der Waals surface area contributed by atoms with Crippen molar-refractivity contribution in [3.05, 3.63) is 46.9 Å². The van der Waals surface area contributed by atoms with Gasteiger partial charge in [-0.2, -0.15) is 0 Å². The molecule has 0 aliphatic rings. The maximum Gasteiger partial charge on any atom is 0.141 e. The normalized spacial score (nSPS) is 10.6. The fourth-order valence-corrected chi connectivity index (χ4v) is 2.87. The van der Waals surface area contributed by atoms with Gasteiger partial charge in [0.15, 0.2) is 0 Å². The van der Waals surface area contributed by atoms with Gasteiger partial charge < -0.3 is 5.32 Å². The zero-order chi connectivity index (χ0) is 14.4. The Morgan fingerprint density at radius 2 is 2.00 bits per heavy atom. The zero-order valence-corrected chi connectivity index (χ0v) is 13.3. The molecule has 0 saturated heterocycles. The third kappa shape index (κ3) is 4.12. The molecule has 106 valence electrons. The molecule has 0 unspecified atom stereocenters. The van der Waals surface area contributed by atoms with Gasteiger partial charge in [0.1, 0.15) is 11.6 Å². The predicted molar refractivity (Wildman–Crippen MR) is 86.6 cm³/mol. The summed E-state index contributed by atoms with van der Waals surface area (Å²) in [6, 6.07) is 9.85. The molecule has 0 saturated carbocycles. The lowest BCUT2D eigenvalue weighted by molar-refractivity contribution is 0.936. The monoisotopic (exact) mass is 307 g/mol. The van der Waals surface area contributed by atoms with Crippen molar-refractivity contribution in [1.82, 2.24) is 9.97 Å². The van der Waals surface area contributed by atoms with E-state index in [0.717, 1.165) is 46.0 Å². The van der Waals surface area contributed by atoms with Gasteiger partial charge in [-0.05, 0) is 25.5 Å². The molecule has 0 spiro atoms. The van der Waals surface area contributed by atoms with Crippen molar-refractivity contribution < 1.29 is 0 Å². The Labute approximate surface area is 129 Å². The minimum atomic E-state index is 0.718. The molecule has 5 heteroatoms. The highest BCUT2D eigenvalue weighted by Gasteiger charge is 2.06. The van der Waals surface area contributed by atoms with Crippen LogP contribution in [0.2, 0.25) is 5.02 Å². The second kappa shape index (κ2) is 7.50. The summed E-state index contributed by atoms with van der Waals surface area (Å²) >= 11 is 7.82. The van der Waals surface area contributed by atoms with Crippen LogP contribution in [0, 0.1) is 0 Å². The van der Waals surface area contributed by atoms with Crippen LogP contribution in [0.15, 0.2) is 35.2 Å². The van der Waals surface area contributed by atoms with E-state index in [-0.39, 0.29) is 0 Å². The number of benzene rings is 1. The number of hydrogen-bond donors (Lipinski definition) is 1. The first-order chi connectivity index (χ1) is 9.72. The fraction of sp³-hybridized carbons (Fsp3) is 0.333. The van der Waals surface area contributed by atoms with Crippen LogP contribution in [0.4, 0.5) is 5.82 Å². The van der Waals surface area contributed by atoms with Gasteiger partial charge in [0.05, 0.1) is 10.8 Å². The van der Waals surface area contributed by atoms with Crippen LogP contribution in [0.1, 0.15) is 25.4 Å². The van der Waals surface area contributed by atoms with Gasteiger partial charge in [-0.15, -0.1) is 11.8 Å². The van der Waals surface area contributed by atoms with Crippen LogP contribution in [0.3, 0.4) is 0 Å². The average Bonchev–Trinajstić information content (AvgIpc) is 2.46. The van der Waals surface area contributed by atoms with E-state index in [1.54, 1.807) is 11.8 Å². The first-order valence-electron chi connectivity index (χ1n) is 6.71. The van der Waals surface area contributed by atoms with Crippen LogP contribution in [-0.4, -0.2) is 16.5 Å². The Bertz CT molecular complexity index is 575. The number of hydrogen-bond acceptors (Lipinski definition) is 4. The van der Waals surface area contributed by atoms with Crippen molar-refractivity contribution in [2.24, 2.45) is 0 Å². The Balaban J connectivity index is 2.12. The highest BCUT2D eigenvalue weighted by molar-refractivity contribution is 7.98. The van der Waals surface area contributed by atoms with Crippen LogP contribution in [-0.2, 0) is 12.2 Å². The summed E-state index contributed by atoms with van der Waals surface area (Å²) in [6.45, 7) is 5.02. The molecule has 1 aromatic carbocycles. The summed E-state index contributed by atoms with van der Waals surface area (Å²) in [5, 5.41) is 4.02. The number of aromatic nitrogens is 2. The van der Waals surface area contributed by atoms with Gasteiger partial charge >= 0.3 is 0 Å². The van der Waals surface area contributed by atoms with Crippen molar-refractivity contribution in [3.63, 3.8) is 0 Å². The number of thioether (sulfide) groups is 1. The zero-order valence-electron chi connectivity index (χ0n) is 11.7. The quantitative estimate of drug-likeness (QED) is 0.802. The predicted octanol–water partition coefficient (Wildman–Crippen LogP) is 4.42. The molecule has 20 heavy (non-hydrogen) atoms. The standard InChI is InChI=1S/C15H18ClN3S/c1-3-11-9-14(17-4-2)19-15(18-11)10-20-13-8-6-5-7-12(13)16/h5-9H,3-4,10H2,1-2H3,(H,17,18,19). The lowest BCUT2D eigenvalue weighted by Crippen LogP contribution is -2.05. The van der Waals surface area contributed by atoms with E-state index >= 15 is 0 Å². The number of rotatable bonds is 6. The Morgan fingerprint density at radius 1 is 1.20 bits per heavy atom. The van der Waals surface area contributed by atoms with Gasteiger partial charge in [0, 0.05) is 23.2 Å². The van der Waals surface area contributed by atoms with Crippen LogP contribution < -0.4 is 5.32 Å². The van der Waals surface area contributed by atoms with Crippen molar-refractivity contribution >= 4 is 29.2 Å². The van der Waals surface area contributed by atoms with Crippen LogP contribution >= 0.6 is 23.4 Å². The molecule has 0 fully saturated rings. The first-order valence-corrected chi connectivity index (χ1v) is 8.07. The smallest absolute Gasteiger partial charge is 0.141 e. The van der Waals surface area contributed by atoms with Crippen molar-refractivity contribution in [2.45, 2.75) is 30.9 Å². The summed E-state index contributed by atoms with van der Waals surface area (Å²) in [7, 11) is 0. The largest absolute Gasteiger partial charge is 0.370 e. The Kier molecular flexibility index (Phi) is 5.68. The minimum Gasteiger partial charge on any atom is -0.370 e. The molecule has 0 aliphatic carbocycles. The van der Waals surface area contributed by atoms with E-state index in [9.17, 15) is 0 Å². The van der Waals surface area contributed by atoms with Gasteiger partial charge in [-0.1, -0.05) is 30.7 Å². The van der Waals surface area contributed by atoms with Gasteiger partial charge in [-0.3, -0.25) is 0 Å². The van der Waals surface area contributed by atoms with Gasteiger partial charge in [0.25, 0.3) is 0 Å². The van der Waals surface area contributed by atoms with Gasteiger partial charge in [-0.25, -0.2) is 9.97 Å². The molecule has 1 heterocycles. The number of nitrogens with zero attached hydrogens (tertiary/aromatic N) is 2. The van der Waals surface area contributed by atoms with Crippen molar-refractivity contribution in [3.8, 4) is 0 Å². The average molecular weight is 308 g/mol. The molecule has 1 aromatic heterocycles. The van der Waals surface area contributed by atoms with E-state index in [4.69, 9.17) is 11.6 Å². The van der Waals surface area contributed by atoms with E-state index in [1.165, 1.54) is 0 Å². The van der Waals surface area contributed by atoms with Gasteiger partial charge in [0.2, 0.25) is 0 Å². The highest BCUT2D eigenvalue weighted by Crippen LogP contribution is 2.28. The Hall–Kier alpha value is -1.26. The van der Waals surface area contributed by atoms with Crippen molar-refractivity contribution in [1.29, 1.82) is 0 Å². The van der Waals surface area contributed by atoms with E-state index in [0.29, 0.717) is 0 Å². The third-order valence-electron chi connectivity index (χ3n) is 2.74. The van der Waals surface area contributed by atoms with Crippen LogP contribution in [0.5, 0.6) is 0 Å². The topological polar surface area (TPSA) is 37.8 Å². The maximum absolute atomic E-state index is 6.16. The molecule has 0 atom stereocenters. The van der Waals surface area contributed by atoms with Crippen LogP contribution in [0.25, 0.3) is 0 Å². The summed E-state index contributed by atoms with van der Waals surface area (Å²) < 4.78 is 0. The lowest BCUT2D eigenvalue weighted by atomic mass is 10.3. The van der Waals surface area contributed by atoms with E-state index < -0.39 is 0 Å². The van der Waals surface area contributed by atoms with E-state index in [1.807, 2.05) is 30.3 Å². The third-order valence-corrected chi connectivity index (χ3v) is 4.25. The first kappa shape index (κ1) is 15.1. The summed E-state index contributed by atoms with van der Waals surface area (Å²) in [4.78, 5) is 10.2. The molecule has 1 N–H and O–H groups in total. The fourth-order valence-electron chi connectivity index (χ4n) is 1.77.